The van der Waals surface area contributed by atoms with Crippen LogP contribution >= 0.6 is 11.3 Å². The van der Waals surface area contributed by atoms with E-state index >= 15 is 0 Å². The molecule has 0 atom stereocenters. The van der Waals surface area contributed by atoms with Crippen molar-refractivity contribution in [2.75, 3.05) is 25.5 Å². The van der Waals surface area contributed by atoms with E-state index in [9.17, 15) is 9.59 Å². The second-order valence-electron chi connectivity index (χ2n) is 12.7. The number of amides is 2. The summed E-state index contributed by atoms with van der Waals surface area (Å²) in [6.07, 6.45) is 13.4. The van der Waals surface area contributed by atoms with Crippen molar-refractivity contribution in [2.24, 2.45) is 5.92 Å². The number of hydrogen-bond donors (Lipinski definition) is 1. The molecule has 40 heavy (non-hydrogen) atoms. The van der Waals surface area contributed by atoms with E-state index in [2.05, 4.69) is 31.8 Å². The molecule has 4 heterocycles. The molecule has 9 nitrogen and oxygen atoms in total. The lowest BCUT2D eigenvalue weighted by molar-refractivity contribution is -0.138. The van der Waals surface area contributed by atoms with Crippen LogP contribution in [0.15, 0.2) is 0 Å². The van der Waals surface area contributed by atoms with Gasteiger partial charge in [0.25, 0.3) is 0 Å². The van der Waals surface area contributed by atoms with Gasteiger partial charge in [0.05, 0.1) is 10.9 Å². The lowest BCUT2D eigenvalue weighted by Crippen LogP contribution is -2.46. The molecular formula is C30H42N6O3S. The molecule has 3 saturated carbocycles. The van der Waals surface area contributed by atoms with Crippen molar-refractivity contribution in [2.45, 2.75) is 115 Å². The number of carbonyl (C=O) groups is 2. The van der Waals surface area contributed by atoms with Crippen molar-refractivity contribution in [1.29, 1.82) is 0 Å². The SMILES string of the molecule is CC(=O)Nc1nc2c(s1)-c1c(c(C3CC3)nn1C1CCC(C(=O)N(C)C3CCC(N4CCCC4)CC3)CC1)OC2. The molecule has 0 bridgehead atoms. The first-order chi connectivity index (χ1) is 19.5. The summed E-state index contributed by atoms with van der Waals surface area (Å²) < 4.78 is 8.45. The minimum Gasteiger partial charge on any atom is -0.483 e. The van der Waals surface area contributed by atoms with Crippen LogP contribution in [0.3, 0.4) is 0 Å². The van der Waals surface area contributed by atoms with Gasteiger partial charge in [0.2, 0.25) is 11.8 Å². The second kappa shape index (κ2) is 10.7. The summed E-state index contributed by atoms with van der Waals surface area (Å²) >= 11 is 1.52. The highest BCUT2D eigenvalue weighted by molar-refractivity contribution is 7.19. The first-order valence-corrected chi connectivity index (χ1v) is 16.3. The molecule has 0 unspecified atom stereocenters. The fraction of sp³-hybridized carbons (Fsp3) is 0.733. The van der Waals surface area contributed by atoms with Crippen LogP contribution in [0.5, 0.6) is 5.75 Å². The third-order valence-electron chi connectivity index (χ3n) is 10.0. The molecule has 2 aromatic rings. The molecule has 1 N–H and O–H groups in total. The summed E-state index contributed by atoms with van der Waals surface area (Å²) in [5.41, 5.74) is 2.98. The molecule has 3 aliphatic carbocycles. The number of nitrogens with one attached hydrogen (secondary N) is 1. The lowest BCUT2D eigenvalue weighted by Gasteiger charge is -2.40. The highest BCUT2D eigenvalue weighted by Gasteiger charge is 2.40. The largest absolute Gasteiger partial charge is 0.483 e. The summed E-state index contributed by atoms with van der Waals surface area (Å²) in [4.78, 5) is 35.8. The Labute approximate surface area is 240 Å². The molecule has 10 heteroatoms. The van der Waals surface area contributed by atoms with E-state index in [1.165, 1.54) is 57.0 Å². The molecule has 2 amide bonds. The Balaban J connectivity index is 1.03. The Morgan fingerprint density at radius 3 is 2.35 bits per heavy atom. The van der Waals surface area contributed by atoms with Crippen molar-refractivity contribution in [3.05, 3.63) is 11.4 Å². The molecular weight excluding hydrogens is 524 g/mol. The zero-order chi connectivity index (χ0) is 27.4. The number of fused-ring (bicyclic) bond motifs is 3. The van der Waals surface area contributed by atoms with E-state index in [4.69, 9.17) is 9.84 Å². The number of thiazole rings is 1. The van der Waals surface area contributed by atoms with Gasteiger partial charge in [-0.1, -0.05) is 11.3 Å². The van der Waals surface area contributed by atoms with Gasteiger partial charge in [-0.15, -0.1) is 0 Å². The van der Waals surface area contributed by atoms with E-state index in [0.29, 0.717) is 29.6 Å². The van der Waals surface area contributed by atoms with Gasteiger partial charge in [0.1, 0.15) is 23.7 Å². The maximum Gasteiger partial charge on any atom is 0.225 e. The molecule has 1 saturated heterocycles. The average molecular weight is 567 g/mol. The fourth-order valence-electron chi connectivity index (χ4n) is 7.61. The van der Waals surface area contributed by atoms with Crippen LogP contribution in [-0.2, 0) is 16.2 Å². The van der Waals surface area contributed by atoms with Gasteiger partial charge >= 0.3 is 0 Å². The lowest BCUT2D eigenvalue weighted by atomic mass is 9.83. The van der Waals surface area contributed by atoms with Gasteiger partial charge in [-0.2, -0.15) is 5.10 Å². The molecule has 0 aromatic carbocycles. The van der Waals surface area contributed by atoms with E-state index in [-0.39, 0.29) is 17.9 Å². The quantitative estimate of drug-likeness (QED) is 0.508. The molecule has 2 aliphatic heterocycles. The van der Waals surface area contributed by atoms with Crippen molar-refractivity contribution in [1.82, 2.24) is 24.6 Å². The van der Waals surface area contributed by atoms with Crippen LogP contribution in [0.4, 0.5) is 5.13 Å². The highest BCUT2D eigenvalue weighted by Crippen LogP contribution is 2.52. The fourth-order valence-corrected chi connectivity index (χ4v) is 8.66. The highest BCUT2D eigenvalue weighted by atomic mass is 32.1. The monoisotopic (exact) mass is 566 g/mol. The minimum absolute atomic E-state index is 0.105. The van der Waals surface area contributed by atoms with Gasteiger partial charge in [-0.3, -0.25) is 14.3 Å². The number of nitrogens with zero attached hydrogens (tertiary/aromatic N) is 5. The minimum atomic E-state index is -0.119. The zero-order valence-electron chi connectivity index (χ0n) is 23.9. The first-order valence-electron chi connectivity index (χ1n) is 15.5. The predicted octanol–water partition coefficient (Wildman–Crippen LogP) is 5.33. The zero-order valence-corrected chi connectivity index (χ0v) is 24.7. The van der Waals surface area contributed by atoms with E-state index in [1.54, 1.807) is 0 Å². The Morgan fingerprint density at radius 1 is 0.975 bits per heavy atom. The van der Waals surface area contributed by atoms with Crippen LogP contribution in [0.2, 0.25) is 0 Å². The summed E-state index contributed by atoms with van der Waals surface area (Å²) in [7, 11) is 2.05. The number of likely N-dealkylation sites (tertiary alicyclic amines) is 1. The van der Waals surface area contributed by atoms with Crippen LogP contribution in [-0.4, -0.2) is 68.6 Å². The Morgan fingerprint density at radius 2 is 1.68 bits per heavy atom. The van der Waals surface area contributed by atoms with Gasteiger partial charge in [-0.05, 0) is 90.1 Å². The van der Waals surface area contributed by atoms with Crippen LogP contribution < -0.4 is 10.1 Å². The molecule has 5 aliphatic rings. The average Bonchev–Trinajstić information content (AvgIpc) is 3.34. The predicted molar refractivity (Wildman–Crippen MR) is 155 cm³/mol. The van der Waals surface area contributed by atoms with Crippen molar-refractivity contribution in [3.8, 4) is 16.3 Å². The number of hydrogen-bond acceptors (Lipinski definition) is 7. The Hall–Kier alpha value is -2.46. The normalized spacial score (nSPS) is 28.4. The van der Waals surface area contributed by atoms with Crippen LogP contribution in [0, 0.1) is 5.92 Å². The van der Waals surface area contributed by atoms with Gasteiger partial charge < -0.3 is 19.9 Å². The van der Waals surface area contributed by atoms with Crippen molar-refractivity contribution < 1.29 is 14.3 Å². The third kappa shape index (κ3) is 4.95. The molecule has 7 rings (SSSR count). The number of aromatic nitrogens is 3. The van der Waals surface area contributed by atoms with Crippen molar-refractivity contribution in [3.63, 3.8) is 0 Å². The standard InChI is InChI=1S/C30H42N6O3S/c1-18(37)31-30-32-24-17-39-27-25(19-5-6-19)33-36(26(27)28(24)40-30)23-9-7-20(8-10-23)29(38)34(2)21-11-13-22(14-12-21)35-15-3-4-16-35/h19-23H,3-17H2,1-2H3,(H,31,32,37). The molecule has 0 spiro atoms. The number of ether oxygens (including phenoxy) is 1. The molecule has 216 valence electrons. The van der Waals surface area contributed by atoms with Crippen LogP contribution in [0.25, 0.3) is 10.6 Å². The molecule has 2 aromatic heterocycles. The topological polar surface area (TPSA) is 92.6 Å². The summed E-state index contributed by atoms with van der Waals surface area (Å²) in [6, 6.07) is 1.37. The Bertz CT molecular complexity index is 1260. The second-order valence-corrected chi connectivity index (χ2v) is 13.7. The smallest absolute Gasteiger partial charge is 0.225 e. The van der Waals surface area contributed by atoms with Crippen molar-refractivity contribution >= 4 is 28.3 Å². The number of rotatable bonds is 6. The summed E-state index contributed by atoms with van der Waals surface area (Å²) in [5, 5.41) is 8.61. The third-order valence-corrected chi connectivity index (χ3v) is 11.0. The van der Waals surface area contributed by atoms with E-state index < -0.39 is 0 Å². The van der Waals surface area contributed by atoms with Gasteiger partial charge in [0.15, 0.2) is 10.9 Å². The van der Waals surface area contributed by atoms with Gasteiger partial charge in [0, 0.05) is 37.9 Å². The number of anilines is 1. The Kier molecular flexibility index (Phi) is 7.10. The summed E-state index contributed by atoms with van der Waals surface area (Å²) in [5.74, 6) is 1.72. The molecule has 0 radical (unpaired) electrons. The maximum atomic E-state index is 13.6. The van der Waals surface area contributed by atoms with Crippen LogP contribution in [0.1, 0.15) is 107 Å². The van der Waals surface area contributed by atoms with E-state index in [1.807, 2.05) is 0 Å². The van der Waals surface area contributed by atoms with E-state index in [0.717, 1.165) is 85.1 Å². The summed E-state index contributed by atoms with van der Waals surface area (Å²) in [6.45, 7) is 4.45. The maximum absolute atomic E-state index is 13.6. The first kappa shape index (κ1) is 26.4. The number of carbonyl (C=O) groups excluding carboxylic acids is 2. The molecule has 4 fully saturated rings. The van der Waals surface area contributed by atoms with Gasteiger partial charge in [-0.25, -0.2) is 4.98 Å².